The van der Waals surface area contributed by atoms with Crippen LogP contribution >= 0.6 is 0 Å². The Hall–Kier alpha value is -2.38. The number of piperidine rings is 1. The van der Waals surface area contributed by atoms with Gasteiger partial charge in [0.05, 0.1) is 11.9 Å². The molecule has 1 fully saturated rings. The molecule has 1 N–H and O–H groups in total. The van der Waals surface area contributed by atoms with Gasteiger partial charge in [-0.3, -0.25) is 14.0 Å². The van der Waals surface area contributed by atoms with Gasteiger partial charge in [-0.05, 0) is 55.3 Å². The molecule has 1 heterocycles. The lowest BCUT2D eigenvalue weighted by Crippen LogP contribution is -2.30. The number of hydrogen-bond acceptors (Lipinski definition) is 4. The molecule has 0 saturated carbocycles. The molecule has 0 bridgehead atoms. The zero-order valence-corrected chi connectivity index (χ0v) is 17.9. The molecule has 3 rings (SSSR count). The maximum Gasteiger partial charge on any atom is 0.251 e. The van der Waals surface area contributed by atoms with Gasteiger partial charge < -0.3 is 5.32 Å². The van der Waals surface area contributed by atoms with Crippen molar-refractivity contribution in [1.82, 2.24) is 10.2 Å². The normalized spacial score (nSPS) is 15.1. The minimum absolute atomic E-state index is 0.221. The summed E-state index contributed by atoms with van der Waals surface area (Å²) in [4.78, 5) is 15.1. The number of hydrogen-bond donors (Lipinski definition) is 1. The molecule has 0 radical (unpaired) electrons. The summed E-state index contributed by atoms with van der Waals surface area (Å²) in [5, 5.41) is 2.97. The summed E-state index contributed by atoms with van der Waals surface area (Å²) in [6.45, 7) is 3.60. The van der Waals surface area contributed by atoms with E-state index in [-0.39, 0.29) is 5.91 Å². The fraction of sp³-hybridized carbons (Fsp3) is 0.409. The predicted molar refractivity (Wildman–Crippen MR) is 116 cm³/mol. The van der Waals surface area contributed by atoms with E-state index in [9.17, 15) is 13.2 Å². The van der Waals surface area contributed by atoms with Crippen molar-refractivity contribution in [3.8, 4) is 0 Å². The second kappa shape index (κ2) is 9.41. The van der Waals surface area contributed by atoms with Gasteiger partial charge in [-0.25, -0.2) is 8.42 Å². The molecule has 0 unspecified atom stereocenters. The minimum atomic E-state index is -3.38. The Morgan fingerprint density at radius 3 is 2.41 bits per heavy atom. The van der Waals surface area contributed by atoms with Crippen molar-refractivity contribution in [2.45, 2.75) is 32.4 Å². The first kappa shape index (κ1) is 21.3. The maximum absolute atomic E-state index is 12.7. The summed E-state index contributed by atoms with van der Waals surface area (Å²) in [7, 11) is -1.90. The largest absolute Gasteiger partial charge is 0.348 e. The number of nitrogens with zero attached hydrogens (tertiary/aromatic N) is 2. The Balaban J connectivity index is 1.67. The smallest absolute Gasteiger partial charge is 0.251 e. The van der Waals surface area contributed by atoms with Crippen LogP contribution in [0.25, 0.3) is 0 Å². The molecule has 1 saturated heterocycles. The van der Waals surface area contributed by atoms with Crippen LogP contribution in [-0.2, 0) is 23.1 Å². The van der Waals surface area contributed by atoms with Gasteiger partial charge in [-0.2, -0.15) is 0 Å². The average Bonchev–Trinajstić information content (AvgIpc) is 2.72. The Labute approximate surface area is 173 Å². The summed E-state index contributed by atoms with van der Waals surface area (Å²) in [6.07, 6.45) is 4.94. The van der Waals surface area contributed by atoms with Crippen molar-refractivity contribution in [1.29, 1.82) is 0 Å². The third kappa shape index (κ3) is 5.81. The Morgan fingerprint density at radius 1 is 1.03 bits per heavy atom. The first-order valence-corrected chi connectivity index (χ1v) is 11.8. The number of benzene rings is 2. The van der Waals surface area contributed by atoms with E-state index >= 15 is 0 Å². The fourth-order valence-corrected chi connectivity index (χ4v) is 4.05. The molecule has 0 atom stereocenters. The molecular weight excluding hydrogens is 386 g/mol. The molecule has 6 nitrogen and oxygen atoms in total. The molecular formula is C22H29N3O3S. The molecule has 1 aliphatic rings. The SMILES string of the molecule is CN(c1cccc(C(=O)NCc2ccccc2CN2CCCCC2)c1)S(C)(=O)=O. The molecule has 1 aliphatic heterocycles. The highest BCUT2D eigenvalue weighted by atomic mass is 32.2. The maximum atomic E-state index is 12.7. The fourth-order valence-electron chi connectivity index (χ4n) is 3.55. The van der Waals surface area contributed by atoms with E-state index in [1.807, 2.05) is 18.2 Å². The molecule has 2 aromatic carbocycles. The molecule has 1 amide bonds. The van der Waals surface area contributed by atoms with E-state index < -0.39 is 10.0 Å². The highest BCUT2D eigenvalue weighted by Gasteiger charge is 2.15. The monoisotopic (exact) mass is 415 g/mol. The second-order valence-electron chi connectivity index (χ2n) is 7.57. The van der Waals surface area contributed by atoms with Crippen molar-refractivity contribution >= 4 is 21.6 Å². The summed E-state index contributed by atoms with van der Waals surface area (Å²) in [6, 6.07) is 14.8. The quantitative estimate of drug-likeness (QED) is 0.755. The third-order valence-electron chi connectivity index (χ3n) is 5.37. The van der Waals surface area contributed by atoms with E-state index in [1.165, 1.54) is 31.9 Å². The van der Waals surface area contributed by atoms with Gasteiger partial charge in [-0.15, -0.1) is 0 Å². The molecule has 0 aromatic heterocycles. The summed E-state index contributed by atoms with van der Waals surface area (Å²) < 4.78 is 24.7. The van der Waals surface area contributed by atoms with E-state index in [4.69, 9.17) is 0 Å². The van der Waals surface area contributed by atoms with Crippen LogP contribution in [0.3, 0.4) is 0 Å². The van der Waals surface area contributed by atoms with Crippen LogP contribution in [0.4, 0.5) is 5.69 Å². The first-order chi connectivity index (χ1) is 13.8. The van der Waals surface area contributed by atoms with Crippen LogP contribution in [0, 0.1) is 0 Å². The summed E-state index contributed by atoms with van der Waals surface area (Å²) in [5.74, 6) is -0.221. The van der Waals surface area contributed by atoms with Gasteiger partial charge in [-0.1, -0.05) is 36.8 Å². The molecule has 2 aromatic rings. The van der Waals surface area contributed by atoms with Gasteiger partial charge in [0, 0.05) is 25.7 Å². The number of amides is 1. The van der Waals surface area contributed by atoms with Crippen molar-refractivity contribution in [2.75, 3.05) is 30.7 Å². The minimum Gasteiger partial charge on any atom is -0.348 e. The Bertz CT molecular complexity index is 953. The summed E-state index contributed by atoms with van der Waals surface area (Å²) in [5.41, 5.74) is 3.24. The van der Waals surface area contributed by atoms with Crippen molar-refractivity contribution in [2.24, 2.45) is 0 Å². The lowest BCUT2D eigenvalue weighted by Gasteiger charge is -2.27. The molecule has 7 heteroatoms. The number of likely N-dealkylation sites (tertiary alicyclic amines) is 1. The van der Waals surface area contributed by atoms with Gasteiger partial charge in [0.1, 0.15) is 0 Å². The number of carbonyl (C=O) groups is 1. The standard InChI is InChI=1S/C22H29N3O3S/c1-24(29(2,27)28)21-12-8-11-18(15-21)22(26)23-16-19-9-4-5-10-20(19)17-25-13-6-3-7-14-25/h4-5,8-12,15H,3,6-7,13-14,16-17H2,1-2H3,(H,23,26). The van der Waals surface area contributed by atoms with E-state index in [0.717, 1.165) is 35.8 Å². The third-order valence-corrected chi connectivity index (χ3v) is 6.58. The van der Waals surface area contributed by atoms with E-state index in [1.54, 1.807) is 24.3 Å². The lowest BCUT2D eigenvalue weighted by atomic mass is 10.0. The zero-order chi connectivity index (χ0) is 20.9. The topological polar surface area (TPSA) is 69.7 Å². The number of sulfonamides is 1. The predicted octanol–water partition coefficient (Wildman–Crippen LogP) is 3.00. The van der Waals surface area contributed by atoms with Crippen LogP contribution in [0.1, 0.15) is 40.7 Å². The van der Waals surface area contributed by atoms with Gasteiger partial charge >= 0.3 is 0 Å². The van der Waals surface area contributed by atoms with Crippen molar-refractivity contribution in [3.05, 3.63) is 65.2 Å². The molecule has 0 aliphatic carbocycles. The Morgan fingerprint density at radius 2 is 1.72 bits per heavy atom. The van der Waals surface area contributed by atoms with E-state index in [2.05, 4.69) is 16.3 Å². The van der Waals surface area contributed by atoms with Gasteiger partial charge in [0.25, 0.3) is 5.91 Å². The number of anilines is 1. The van der Waals surface area contributed by atoms with Crippen LogP contribution in [-0.4, -0.2) is 45.6 Å². The van der Waals surface area contributed by atoms with Crippen molar-refractivity contribution in [3.63, 3.8) is 0 Å². The van der Waals surface area contributed by atoms with Gasteiger partial charge in [0.15, 0.2) is 0 Å². The molecule has 156 valence electrons. The average molecular weight is 416 g/mol. The highest BCUT2D eigenvalue weighted by molar-refractivity contribution is 7.92. The van der Waals surface area contributed by atoms with Crippen LogP contribution < -0.4 is 9.62 Å². The highest BCUT2D eigenvalue weighted by Crippen LogP contribution is 2.18. The van der Waals surface area contributed by atoms with Gasteiger partial charge in [0.2, 0.25) is 10.0 Å². The summed E-state index contributed by atoms with van der Waals surface area (Å²) >= 11 is 0. The van der Waals surface area contributed by atoms with Crippen LogP contribution in [0.2, 0.25) is 0 Å². The zero-order valence-electron chi connectivity index (χ0n) is 17.1. The molecule has 0 spiro atoms. The van der Waals surface area contributed by atoms with Crippen LogP contribution in [0.15, 0.2) is 48.5 Å². The number of rotatable bonds is 7. The lowest BCUT2D eigenvalue weighted by molar-refractivity contribution is 0.0950. The van der Waals surface area contributed by atoms with Crippen molar-refractivity contribution < 1.29 is 13.2 Å². The number of carbonyl (C=O) groups excluding carboxylic acids is 1. The molecule has 29 heavy (non-hydrogen) atoms. The second-order valence-corrected chi connectivity index (χ2v) is 9.58. The van der Waals surface area contributed by atoms with E-state index in [0.29, 0.717) is 17.8 Å². The number of nitrogens with one attached hydrogen (secondary N) is 1. The first-order valence-electron chi connectivity index (χ1n) is 9.96. The Kier molecular flexibility index (Phi) is 6.92. The van der Waals surface area contributed by atoms with Crippen LogP contribution in [0.5, 0.6) is 0 Å².